The zero-order chi connectivity index (χ0) is 15.7. The van der Waals surface area contributed by atoms with Gasteiger partial charge < -0.3 is 16.0 Å². The third-order valence-corrected chi connectivity index (χ3v) is 4.24. The van der Waals surface area contributed by atoms with E-state index in [-0.39, 0.29) is 35.9 Å². The summed E-state index contributed by atoms with van der Waals surface area (Å²) in [5.41, 5.74) is 0. The number of carbonyl (C=O) groups is 1. The molecule has 130 valence electrons. The minimum atomic E-state index is 0. The normalized spacial score (nSPS) is 23.2. The molecule has 0 aromatic heterocycles. The monoisotopic (exact) mass is 424 g/mol. The molecule has 3 N–H and O–H groups in total. The van der Waals surface area contributed by atoms with Crippen molar-refractivity contribution in [2.45, 2.75) is 71.4 Å². The van der Waals surface area contributed by atoms with Crippen molar-refractivity contribution < 1.29 is 4.79 Å². The summed E-state index contributed by atoms with van der Waals surface area (Å²) in [7, 11) is 1.78. The maximum atomic E-state index is 11.7. The number of hydrogen-bond acceptors (Lipinski definition) is 2. The van der Waals surface area contributed by atoms with Gasteiger partial charge in [-0.1, -0.05) is 13.8 Å². The first-order chi connectivity index (χ1) is 10.0. The van der Waals surface area contributed by atoms with Gasteiger partial charge in [0.25, 0.3) is 0 Å². The second kappa shape index (κ2) is 12.0. The van der Waals surface area contributed by atoms with Crippen LogP contribution in [0.25, 0.3) is 0 Å². The van der Waals surface area contributed by atoms with Crippen LogP contribution >= 0.6 is 24.0 Å². The Balaban J connectivity index is 0.00000441. The van der Waals surface area contributed by atoms with E-state index < -0.39 is 0 Å². The average molecular weight is 424 g/mol. The van der Waals surface area contributed by atoms with Gasteiger partial charge in [0.05, 0.1) is 0 Å². The van der Waals surface area contributed by atoms with Gasteiger partial charge in [-0.3, -0.25) is 9.79 Å². The zero-order valence-corrected chi connectivity index (χ0v) is 16.8. The lowest BCUT2D eigenvalue weighted by molar-refractivity contribution is -0.121. The van der Waals surface area contributed by atoms with E-state index in [2.05, 4.69) is 34.8 Å². The molecular weight excluding hydrogens is 391 g/mol. The number of carbonyl (C=O) groups excluding carboxylic acids is 1. The highest BCUT2D eigenvalue weighted by atomic mass is 127. The van der Waals surface area contributed by atoms with Crippen LogP contribution in [0.1, 0.15) is 59.3 Å². The number of nitrogens with one attached hydrogen (secondary N) is 3. The van der Waals surface area contributed by atoms with Gasteiger partial charge in [-0.25, -0.2) is 0 Å². The number of nitrogens with zero attached hydrogens (tertiary/aromatic N) is 1. The predicted octanol–water partition coefficient (Wildman–Crippen LogP) is 2.65. The van der Waals surface area contributed by atoms with Crippen molar-refractivity contribution in [1.29, 1.82) is 0 Å². The van der Waals surface area contributed by atoms with Crippen molar-refractivity contribution in [3.63, 3.8) is 0 Å². The first-order valence-corrected chi connectivity index (χ1v) is 8.31. The van der Waals surface area contributed by atoms with Gasteiger partial charge in [0, 0.05) is 32.1 Å². The molecule has 1 rings (SSSR count). The van der Waals surface area contributed by atoms with Gasteiger partial charge in [-0.15, -0.1) is 24.0 Å². The van der Waals surface area contributed by atoms with E-state index in [0.717, 1.165) is 18.3 Å². The lowest BCUT2D eigenvalue weighted by Gasteiger charge is -2.28. The van der Waals surface area contributed by atoms with E-state index in [1.165, 1.54) is 25.7 Å². The molecule has 5 nitrogen and oxygen atoms in total. The van der Waals surface area contributed by atoms with Gasteiger partial charge in [-0.2, -0.15) is 0 Å². The topological polar surface area (TPSA) is 65.5 Å². The Hall–Kier alpha value is -0.530. The fourth-order valence-electron chi connectivity index (χ4n) is 2.54. The Labute approximate surface area is 152 Å². The Morgan fingerprint density at radius 2 is 1.91 bits per heavy atom. The minimum Gasteiger partial charge on any atom is -0.356 e. The van der Waals surface area contributed by atoms with Crippen molar-refractivity contribution in [3.8, 4) is 0 Å². The summed E-state index contributed by atoms with van der Waals surface area (Å²) < 4.78 is 0. The fourth-order valence-corrected chi connectivity index (χ4v) is 2.54. The molecular formula is C16H33IN4O. The molecule has 0 aromatic carbocycles. The summed E-state index contributed by atoms with van der Waals surface area (Å²) in [4.78, 5) is 15.9. The molecule has 1 aliphatic rings. The highest BCUT2D eigenvalue weighted by Crippen LogP contribution is 2.23. The molecule has 0 bridgehead atoms. The molecule has 6 heteroatoms. The predicted molar refractivity (Wildman–Crippen MR) is 104 cm³/mol. The van der Waals surface area contributed by atoms with Crippen LogP contribution in [0.2, 0.25) is 0 Å². The number of halogens is 1. The Kier molecular flexibility index (Phi) is 11.7. The van der Waals surface area contributed by atoms with Crippen LogP contribution in [-0.4, -0.2) is 37.5 Å². The first kappa shape index (κ1) is 21.5. The highest BCUT2D eigenvalue weighted by Gasteiger charge is 2.18. The highest BCUT2D eigenvalue weighted by molar-refractivity contribution is 14.0. The average Bonchev–Trinajstić information content (AvgIpc) is 2.48. The molecule has 0 heterocycles. The van der Waals surface area contributed by atoms with Crippen LogP contribution in [0, 0.1) is 5.92 Å². The van der Waals surface area contributed by atoms with E-state index >= 15 is 0 Å². The molecule has 1 fully saturated rings. The summed E-state index contributed by atoms with van der Waals surface area (Å²) in [6.07, 6.45) is 6.42. The Bertz CT molecular complexity index is 341. The lowest BCUT2D eigenvalue weighted by Crippen LogP contribution is -2.45. The second-order valence-electron chi connectivity index (χ2n) is 6.23. The number of guanidine groups is 1. The third kappa shape index (κ3) is 8.80. The summed E-state index contributed by atoms with van der Waals surface area (Å²) in [5.74, 6) is 1.76. The van der Waals surface area contributed by atoms with E-state index in [1.54, 1.807) is 7.05 Å². The molecule has 1 atom stereocenters. The second-order valence-corrected chi connectivity index (χ2v) is 6.23. The molecule has 1 aliphatic carbocycles. The first-order valence-electron chi connectivity index (χ1n) is 8.31. The van der Waals surface area contributed by atoms with Crippen LogP contribution < -0.4 is 16.0 Å². The van der Waals surface area contributed by atoms with Gasteiger partial charge in [0.2, 0.25) is 5.91 Å². The van der Waals surface area contributed by atoms with E-state index in [4.69, 9.17) is 0 Å². The van der Waals surface area contributed by atoms with Gasteiger partial charge in [0.15, 0.2) is 5.96 Å². The van der Waals surface area contributed by atoms with Crippen molar-refractivity contribution in [2.75, 3.05) is 13.6 Å². The lowest BCUT2D eigenvalue weighted by atomic mass is 9.87. The van der Waals surface area contributed by atoms with E-state index in [1.807, 2.05) is 6.92 Å². The molecule has 0 aromatic rings. The third-order valence-electron chi connectivity index (χ3n) is 4.24. The zero-order valence-electron chi connectivity index (χ0n) is 14.4. The van der Waals surface area contributed by atoms with Gasteiger partial charge in [-0.05, 0) is 44.9 Å². The quantitative estimate of drug-likeness (QED) is 0.349. The molecule has 22 heavy (non-hydrogen) atoms. The van der Waals surface area contributed by atoms with Crippen molar-refractivity contribution in [3.05, 3.63) is 0 Å². The molecule has 0 radical (unpaired) electrons. The Morgan fingerprint density at radius 1 is 1.27 bits per heavy atom. The van der Waals surface area contributed by atoms with Crippen LogP contribution in [0.4, 0.5) is 0 Å². The molecule has 1 amide bonds. The number of amides is 1. The molecule has 1 unspecified atom stereocenters. The standard InChI is InChI=1S/C16H32N4O.HI/c1-5-13(3)19-15(21)10-11-18-16(17-4)20-14-8-6-12(2)7-9-14;/h12-14H,5-11H2,1-4H3,(H,19,21)(H2,17,18,20);1H. The maximum absolute atomic E-state index is 11.7. The maximum Gasteiger partial charge on any atom is 0.221 e. The summed E-state index contributed by atoms with van der Waals surface area (Å²) in [6, 6.07) is 0.764. The number of aliphatic imine (C=N–C) groups is 1. The molecule has 1 saturated carbocycles. The smallest absolute Gasteiger partial charge is 0.221 e. The van der Waals surface area contributed by atoms with Crippen LogP contribution in [-0.2, 0) is 4.79 Å². The van der Waals surface area contributed by atoms with E-state index in [9.17, 15) is 4.79 Å². The van der Waals surface area contributed by atoms with Crippen LogP contribution in [0.5, 0.6) is 0 Å². The van der Waals surface area contributed by atoms with Crippen LogP contribution in [0.15, 0.2) is 4.99 Å². The number of hydrogen-bond donors (Lipinski definition) is 3. The van der Waals surface area contributed by atoms with Crippen molar-refractivity contribution >= 4 is 35.8 Å². The summed E-state index contributed by atoms with van der Waals surface area (Å²) in [5, 5.41) is 9.66. The van der Waals surface area contributed by atoms with Crippen molar-refractivity contribution in [1.82, 2.24) is 16.0 Å². The summed E-state index contributed by atoms with van der Waals surface area (Å²) >= 11 is 0. The molecule has 0 spiro atoms. The molecule has 0 aliphatic heterocycles. The van der Waals surface area contributed by atoms with Gasteiger partial charge in [0.1, 0.15) is 0 Å². The summed E-state index contributed by atoms with van der Waals surface area (Å²) in [6.45, 7) is 7.03. The fraction of sp³-hybridized carbons (Fsp3) is 0.875. The molecule has 0 saturated heterocycles. The minimum absolute atomic E-state index is 0. The van der Waals surface area contributed by atoms with Crippen molar-refractivity contribution in [2.24, 2.45) is 10.9 Å². The van der Waals surface area contributed by atoms with E-state index in [0.29, 0.717) is 19.0 Å². The number of rotatable bonds is 6. The van der Waals surface area contributed by atoms with Crippen LogP contribution in [0.3, 0.4) is 0 Å². The SMILES string of the molecule is CCC(C)NC(=O)CCNC(=NC)NC1CCC(C)CC1.I. The largest absolute Gasteiger partial charge is 0.356 e. The van der Waals surface area contributed by atoms with Gasteiger partial charge >= 0.3 is 0 Å². The Morgan fingerprint density at radius 3 is 2.45 bits per heavy atom.